The molecule has 2 rings (SSSR count). The third-order valence-electron chi connectivity index (χ3n) is 3.91. The average molecular weight is 315 g/mol. The summed E-state index contributed by atoms with van der Waals surface area (Å²) in [5.74, 6) is 0.995. The van der Waals surface area contributed by atoms with Gasteiger partial charge in [-0.1, -0.05) is 40.7 Å². The van der Waals surface area contributed by atoms with E-state index < -0.39 is 0 Å². The Morgan fingerprint density at radius 2 is 1.83 bits per heavy atom. The van der Waals surface area contributed by atoms with E-state index in [-0.39, 0.29) is 5.91 Å². The lowest BCUT2D eigenvalue weighted by atomic mass is 10.1. The largest absolute Gasteiger partial charge is 0.337 e. The highest BCUT2D eigenvalue weighted by Crippen LogP contribution is 2.19. The van der Waals surface area contributed by atoms with Crippen LogP contribution in [-0.4, -0.2) is 33.3 Å². The predicted molar refractivity (Wildman–Crippen MR) is 94.9 cm³/mol. The quantitative estimate of drug-likeness (QED) is 0.809. The molecular formula is C19H29N3O. The monoisotopic (exact) mass is 315 g/mol. The van der Waals surface area contributed by atoms with Gasteiger partial charge in [-0.3, -0.25) is 9.20 Å². The number of hydrogen-bond acceptors (Lipinski definition) is 2. The molecule has 0 radical (unpaired) electrons. The summed E-state index contributed by atoms with van der Waals surface area (Å²) in [5, 5.41) is 0. The zero-order chi connectivity index (χ0) is 17.1. The van der Waals surface area contributed by atoms with E-state index in [9.17, 15) is 4.79 Å². The Labute approximate surface area is 139 Å². The van der Waals surface area contributed by atoms with Crippen molar-refractivity contribution < 1.29 is 4.79 Å². The minimum absolute atomic E-state index is 0.0994. The summed E-state index contributed by atoms with van der Waals surface area (Å²) in [6, 6.07) is 4.02. The summed E-state index contributed by atoms with van der Waals surface area (Å²) < 4.78 is 1.96. The minimum Gasteiger partial charge on any atom is -0.337 e. The molecule has 1 amide bonds. The van der Waals surface area contributed by atoms with Crippen LogP contribution in [0, 0.1) is 18.8 Å². The molecule has 23 heavy (non-hydrogen) atoms. The number of hydrogen-bond donors (Lipinski definition) is 0. The van der Waals surface area contributed by atoms with Gasteiger partial charge in [-0.15, -0.1) is 0 Å². The zero-order valence-electron chi connectivity index (χ0n) is 15.3. The first-order valence-electron chi connectivity index (χ1n) is 8.60. The van der Waals surface area contributed by atoms with Crippen molar-refractivity contribution in [1.29, 1.82) is 0 Å². The first-order valence-corrected chi connectivity index (χ1v) is 8.60. The number of carbonyl (C=O) groups excluding carboxylic acids is 1. The molecule has 0 atom stereocenters. The summed E-state index contributed by atoms with van der Waals surface area (Å²) in [6.07, 6.45) is 2.71. The average Bonchev–Trinajstić information content (AvgIpc) is 2.84. The highest BCUT2D eigenvalue weighted by Gasteiger charge is 2.25. The highest BCUT2D eigenvalue weighted by atomic mass is 16.2. The van der Waals surface area contributed by atoms with Crippen LogP contribution in [0.2, 0.25) is 0 Å². The standard InChI is InChI=1S/C19H29N3O/c1-7-16-17(22-10-8-9-15(6)18(22)20-16)19(23)21(11-13(2)3)12-14(4)5/h8-10,13-14H,7,11-12H2,1-6H3. The molecule has 0 bridgehead atoms. The summed E-state index contributed by atoms with van der Waals surface area (Å²) in [7, 11) is 0. The van der Waals surface area contributed by atoms with E-state index in [2.05, 4.69) is 34.6 Å². The second-order valence-electron chi connectivity index (χ2n) is 7.14. The maximum absolute atomic E-state index is 13.2. The van der Waals surface area contributed by atoms with Crippen molar-refractivity contribution in [2.24, 2.45) is 11.8 Å². The van der Waals surface area contributed by atoms with E-state index in [1.165, 1.54) is 0 Å². The van der Waals surface area contributed by atoms with Gasteiger partial charge in [-0.2, -0.15) is 0 Å². The van der Waals surface area contributed by atoms with Crippen LogP contribution in [0.3, 0.4) is 0 Å². The van der Waals surface area contributed by atoms with Gasteiger partial charge in [0.15, 0.2) is 0 Å². The van der Waals surface area contributed by atoms with E-state index in [4.69, 9.17) is 4.98 Å². The van der Waals surface area contributed by atoms with Gasteiger partial charge in [0.05, 0.1) is 5.69 Å². The van der Waals surface area contributed by atoms with Crippen molar-refractivity contribution in [3.63, 3.8) is 0 Å². The van der Waals surface area contributed by atoms with E-state index >= 15 is 0 Å². The lowest BCUT2D eigenvalue weighted by Gasteiger charge is -2.26. The Morgan fingerprint density at radius 3 is 2.35 bits per heavy atom. The molecule has 0 aliphatic carbocycles. The number of aromatic nitrogens is 2. The molecule has 0 spiro atoms. The Kier molecular flexibility index (Phi) is 5.45. The number of nitrogens with zero attached hydrogens (tertiary/aromatic N) is 3. The molecule has 4 nitrogen and oxygen atoms in total. The van der Waals surface area contributed by atoms with Gasteiger partial charge in [-0.05, 0) is 36.8 Å². The normalized spacial score (nSPS) is 11.7. The number of fused-ring (bicyclic) bond motifs is 1. The van der Waals surface area contributed by atoms with Crippen LogP contribution in [0.4, 0.5) is 0 Å². The molecule has 0 unspecified atom stereocenters. The van der Waals surface area contributed by atoms with Crippen LogP contribution < -0.4 is 0 Å². The second kappa shape index (κ2) is 7.16. The highest BCUT2D eigenvalue weighted by molar-refractivity contribution is 5.95. The van der Waals surface area contributed by atoms with Crippen molar-refractivity contribution in [3.8, 4) is 0 Å². The van der Waals surface area contributed by atoms with E-state index in [0.717, 1.165) is 42.1 Å². The first kappa shape index (κ1) is 17.5. The molecule has 2 aromatic rings. The number of pyridine rings is 1. The van der Waals surface area contributed by atoms with E-state index in [0.29, 0.717) is 11.8 Å². The van der Waals surface area contributed by atoms with Gasteiger partial charge in [-0.25, -0.2) is 4.98 Å². The van der Waals surface area contributed by atoms with Crippen LogP contribution in [0.5, 0.6) is 0 Å². The van der Waals surface area contributed by atoms with Crippen LogP contribution in [0.25, 0.3) is 5.65 Å². The number of amides is 1. The van der Waals surface area contributed by atoms with E-state index in [1.54, 1.807) is 0 Å². The van der Waals surface area contributed by atoms with Gasteiger partial charge in [0.25, 0.3) is 5.91 Å². The Morgan fingerprint density at radius 1 is 1.22 bits per heavy atom. The fourth-order valence-electron chi connectivity index (χ4n) is 3.00. The SMILES string of the molecule is CCc1nc2c(C)cccn2c1C(=O)N(CC(C)C)CC(C)C. The second-order valence-corrected chi connectivity index (χ2v) is 7.14. The molecule has 126 valence electrons. The Hall–Kier alpha value is -1.84. The zero-order valence-corrected chi connectivity index (χ0v) is 15.3. The Balaban J connectivity index is 2.51. The summed E-state index contributed by atoms with van der Waals surface area (Å²) in [4.78, 5) is 19.9. The van der Waals surface area contributed by atoms with Crippen LogP contribution in [0.15, 0.2) is 18.3 Å². The molecule has 4 heteroatoms. The molecule has 0 aliphatic rings. The third kappa shape index (κ3) is 3.74. The lowest BCUT2D eigenvalue weighted by molar-refractivity contribution is 0.0707. The smallest absolute Gasteiger partial charge is 0.272 e. The molecule has 0 N–H and O–H groups in total. The van der Waals surface area contributed by atoms with Crippen LogP contribution >= 0.6 is 0 Å². The number of imidazole rings is 1. The third-order valence-corrected chi connectivity index (χ3v) is 3.91. The van der Waals surface area contributed by atoms with E-state index in [1.807, 2.05) is 34.6 Å². The topological polar surface area (TPSA) is 37.6 Å². The summed E-state index contributed by atoms with van der Waals surface area (Å²) >= 11 is 0. The van der Waals surface area contributed by atoms with Crippen LogP contribution in [0.1, 0.15) is 56.4 Å². The molecule has 0 saturated heterocycles. The van der Waals surface area contributed by atoms with Gasteiger partial charge in [0.1, 0.15) is 11.3 Å². The molecule has 2 aromatic heterocycles. The molecule has 2 heterocycles. The Bertz CT molecular complexity index is 675. The molecule has 0 fully saturated rings. The van der Waals surface area contributed by atoms with Crippen molar-refractivity contribution in [1.82, 2.24) is 14.3 Å². The number of aryl methyl sites for hydroxylation is 2. The molecule has 0 aliphatic heterocycles. The summed E-state index contributed by atoms with van der Waals surface area (Å²) in [6.45, 7) is 14.3. The number of carbonyl (C=O) groups is 1. The fourth-order valence-corrected chi connectivity index (χ4v) is 3.00. The van der Waals surface area contributed by atoms with Gasteiger partial charge in [0.2, 0.25) is 0 Å². The van der Waals surface area contributed by atoms with Gasteiger partial charge < -0.3 is 4.90 Å². The maximum Gasteiger partial charge on any atom is 0.272 e. The van der Waals surface area contributed by atoms with Gasteiger partial charge in [0, 0.05) is 19.3 Å². The predicted octanol–water partition coefficient (Wildman–Crippen LogP) is 3.96. The first-order chi connectivity index (χ1) is 10.8. The molecular weight excluding hydrogens is 286 g/mol. The minimum atomic E-state index is 0.0994. The molecule has 0 aromatic carbocycles. The van der Waals surface area contributed by atoms with Crippen molar-refractivity contribution in [3.05, 3.63) is 35.3 Å². The van der Waals surface area contributed by atoms with Crippen molar-refractivity contribution >= 4 is 11.6 Å². The summed E-state index contributed by atoms with van der Waals surface area (Å²) in [5.41, 5.74) is 3.61. The van der Waals surface area contributed by atoms with Crippen molar-refractivity contribution in [2.75, 3.05) is 13.1 Å². The number of rotatable bonds is 6. The van der Waals surface area contributed by atoms with Crippen LogP contribution in [-0.2, 0) is 6.42 Å². The maximum atomic E-state index is 13.2. The van der Waals surface area contributed by atoms with Crippen molar-refractivity contribution in [2.45, 2.75) is 48.0 Å². The molecule has 0 saturated carbocycles. The van der Waals surface area contributed by atoms with Gasteiger partial charge >= 0.3 is 0 Å². The lowest BCUT2D eigenvalue weighted by Crippen LogP contribution is -2.38. The fraction of sp³-hybridized carbons (Fsp3) is 0.579.